The van der Waals surface area contributed by atoms with Gasteiger partial charge in [0.25, 0.3) is 0 Å². The molecule has 0 spiro atoms. The van der Waals surface area contributed by atoms with Gasteiger partial charge in [-0.3, -0.25) is 4.79 Å². The summed E-state index contributed by atoms with van der Waals surface area (Å²) >= 11 is 0. The fourth-order valence-electron chi connectivity index (χ4n) is 2.89. The zero-order chi connectivity index (χ0) is 15.2. The largest absolute Gasteiger partial charge is 0.339 e. The fourth-order valence-corrected chi connectivity index (χ4v) is 2.89. The molecule has 1 saturated heterocycles. The van der Waals surface area contributed by atoms with Crippen molar-refractivity contribution in [2.75, 3.05) is 13.1 Å². The number of amides is 1. The molecule has 3 nitrogen and oxygen atoms in total. The smallest absolute Gasteiger partial charge is 0.222 e. The minimum Gasteiger partial charge on any atom is -0.339 e. The molecule has 116 valence electrons. The lowest BCUT2D eigenvalue weighted by Gasteiger charge is -2.26. The first kappa shape index (κ1) is 16.0. The van der Waals surface area contributed by atoms with Crippen LogP contribution in [0.5, 0.6) is 0 Å². The van der Waals surface area contributed by atoms with Gasteiger partial charge >= 0.3 is 0 Å². The van der Waals surface area contributed by atoms with Crippen LogP contribution in [0.15, 0.2) is 24.3 Å². The van der Waals surface area contributed by atoms with Crippen molar-refractivity contribution in [3.05, 3.63) is 35.6 Å². The Morgan fingerprint density at radius 1 is 1.43 bits per heavy atom. The van der Waals surface area contributed by atoms with Gasteiger partial charge in [0.2, 0.25) is 5.91 Å². The van der Waals surface area contributed by atoms with Gasteiger partial charge in [-0.2, -0.15) is 0 Å². The number of likely N-dealkylation sites (tertiary alicyclic amines) is 1. The van der Waals surface area contributed by atoms with Gasteiger partial charge in [0.15, 0.2) is 0 Å². The van der Waals surface area contributed by atoms with E-state index in [0.717, 1.165) is 31.5 Å². The van der Waals surface area contributed by atoms with Crippen LogP contribution in [-0.4, -0.2) is 29.9 Å². The molecule has 0 radical (unpaired) electrons. The minimum atomic E-state index is -0.196. The van der Waals surface area contributed by atoms with E-state index in [1.165, 1.54) is 6.07 Å². The molecule has 0 saturated carbocycles. The third-order valence-corrected chi connectivity index (χ3v) is 3.89. The van der Waals surface area contributed by atoms with Crippen LogP contribution in [0.2, 0.25) is 0 Å². The normalized spacial score (nSPS) is 18.8. The Morgan fingerprint density at radius 2 is 2.24 bits per heavy atom. The van der Waals surface area contributed by atoms with Crippen molar-refractivity contribution in [3.63, 3.8) is 0 Å². The second kappa shape index (κ2) is 7.55. The molecular weight excluding hydrogens is 267 g/mol. The second-order valence-electron chi connectivity index (χ2n) is 6.23. The second-order valence-corrected chi connectivity index (χ2v) is 6.23. The Balaban J connectivity index is 1.74. The van der Waals surface area contributed by atoms with Crippen LogP contribution < -0.4 is 5.32 Å². The molecule has 21 heavy (non-hydrogen) atoms. The number of benzene rings is 1. The first-order valence-electron chi connectivity index (χ1n) is 7.81. The van der Waals surface area contributed by atoms with E-state index >= 15 is 0 Å². The number of hydrogen-bond donors (Lipinski definition) is 1. The third kappa shape index (κ3) is 4.81. The molecule has 1 aromatic rings. The number of nitrogens with zero attached hydrogens (tertiary/aromatic N) is 1. The van der Waals surface area contributed by atoms with Crippen molar-refractivity contribution in [1.29, 1.82) is 0 Å². The van der Waals surface area contributed by atoms with Crippen LogP contribution in [0.25, 0.3) is 0 Å². The van der Waals surface area contributed by atoms with Crippen molar-refractivity contribution in [2.45, 2.75) is 45.7 Å². The van der Waals surface area contributed by atoms with Gasteiger partial charge in [-0.25, -0.2) is 4.39 Å². The van der Waals surface area contributed by atoms with E-state index in [2.05, 4.69) is 19.2 Å². The summed E-state index contributed by atoms with van der Waals surface area (Å²) in [5, 5.41) is 3.34. The lowest BCUT2D eigenvalue weighted by atomic mass is 10.1. The SMILES string of the molecule is CC(C)CN1C(=O)CCC1CCNCc1cccc(F)c1. The highest BCUT2D eigenvalue weighted by molar-refractivity contribution is 5.78. The van der Waals surface area contributed by atoms with Gasteiger partial charge in [-0.15, -0.1) is 0 Å². The summed E-state index contributed by atoms with van der Waals surface area (Å²) in [6.45, 7) is 6.66. The molecule has 0 aromatic heterocycles. The number of carbonyl (C=O) groups excluding carboxylic acids is 1. The summed E-state index contributed by atoms with van der Waals surface area (Å²) < 4.78 is 13.1. The molecule has 1 aliphatic rings. The van der Waals surface area contributed by atoms with E-state index < -0.39 is 0 Å². The zero-order valence-electron chi connectivity index (χ0n) is 12.9. The molecule has 1 aromatic carbocycles. The van der Waals surface area contributed by atoms with Crippen LogP contribution in [-0.2, 0) is 11.3 Å². The molecule has 1 amide bonds. The van der Waals surface area contributed by atoms with E-state index in [1.807, 2.05) is 11.0 Å². The van der Waals surface area contributed by atoms with Gasteiger partial charge in [0, 0.05) is 25.6 Å². The Hall–Kier alpha value is -1.42. The van der Waals surface area contributed by atoms with Crippen LogP contribution in [0.4, 0.5) is 4.39 Å². The summed E-state index contributed by atoms with van der Waals surface area (Å²) in [7, 11) is 0. The summed E-state index contributed by atoms with van der Waals surface area (Å²) in [6, 6.07) is 7.01. The van der Waals surface area contributed by atoms with E-state index in [-0.39, 0.29) is 5.82 Å². The molecule has 1 aliphatic heterocycles. The predicted molar refractivity (Wildman–Crippen MR) is 82.3 cm³/mol. The molecule has 2 rings (SSSR count). The predicted octanol–water partition coefficient (Wildman–Crippen LogP) is 2.95. The first-order valence-corrected chi connectivity index (χ1v) is 7.81. The van der Waals surface area contributed by atoms with Gasteiger partial charge in [0.1, 0.15) is 5.82 Å². The van der Waals surface area contributed by atoms with Gasteiger partial charge in [-0.05, 0) is 43.0 Å². The Morgan fingerprint density at radius 3 is 2.95 bits per heavy atom. The summed E-state index contributed by atoms with van der Waals surface area (Å²) in [5.74, 6) is 0.604. The Labute approximate surface area is 126 Å². The number of hydrogen-bond acceptors (Lipinski definition) is 2. The maximum atomic E-state index is 13.1. The van der Waals surface area contributed by atoms with Crippen LogP contribution in [0.3, 0.4) is 0 Å². The maximum Gasteiger partial charge on any atom is 0.222 e. The van der Waals surface area contributed by atoms with Crippen LogP contribution in [0.1, 0.15) is 38.7 Å². The lowest BCUT2D eigenvalue weighted by Crippen LogP contribution is -2.37. The Bertz CT molecular complexity index is 476. The lowest BCUT2D eigenvalue weighted by molar-refractivity contribution is -0.129. The van der Waals surface area contributed by atoms with Crippen molar-refractivity contribution in [2.24, 2.45) is 5.92 Å². The summed E-state index contributed by atoms with van der Waals surface area (Å²) in [5.41, 5.74) is 0.955. The molecule has 1 heterocycles. The average Bonchev–Trinajstić information content (AvgIpc) is 2.76. The number of rotatable bonds is 7. The van der Waals surface area contributed by atoms with E-state index in [0.29, 0.717) is 30.8 Å². The van der Waals surface area contributed by atoms with E-state index in [1.54, 1.807) is 12.1 Å². The molecule has 0 aliphatic carbocycles. The molecule has 1 fully saturated rings. The number of carbonyl (C=O) groups is 1. The standard InChI is InChI=1S/C17H25FN2O/c1-13(2)12-20-16(6-7-17(20)21)8-9-19-11-14-4-3-5-15(18)10-14/h3-5,10,13,16,19H,6-9,11-12H2,1-2H3. The Kier molecular flexibility index (Phi) is 5.74. The number of nitrogens with one attached hydrogen (secondary N) is 1. The van der Waals surface area contributed by atoms with Crippen LogP contribution >= 0.6 is 0 Å². The third-order valence-electron chi connectivity index (χ3n) is 3.89. The highest BCUT2D eigenvalue weighted by Crippen LogP contribution is 2.22. The fraction of sp³-hybridized carbons (Fsp3) is 0.588. The molecule has 1 N–H and O–H groups in total. The van der Waals surface area contributed by atoms with E-state index in [9.17, 15) is 9.18 Å². The molecule has 0 bridgehead atoms. The molecule has 1 unspecified atom stereocenters. The van der Waals surface area contributed by atoms with Crippen molar-refractivity contribution >= 4 is 5.91 Å². The molecular formula is C17H25FN2O. The van der Waals surface area contributed by atoms with Gasteiger partial charge in [-0.1, -0.05) is 26.0 Å². The van der Waals surface area contributed by atoms with Crippen LogP contribution in [0, 0.1) is 11.7 Å². The zero-order valence-corrected chi connectivity index (χ0v) is 12.9. The highest BCUT2D eigenvalue weighted by Gasteiger charge is 2.30. The molecule has 1 atom stereocenters. The van der Waals surface area contributed by atoms with Crippen molar-refractivity contribution in [1.82, 2.24) is 10.2 Å². The average molecular weight is 292 g/mol. The summed E-state index contributed by atoms with van der Waals surface area (Å²) in [6.07, 6.45) is 2.61. The first-order chi connectivity index (χ1) is 10.1. The quantitative estimate of drug-likeness (QED) is 0.784. The number of halogens is 1. The van der Waals surface area contributed by atoms with E-state index in [4.69, 9.17) is 0 Å². The summed E-state index contributed by atoms with van der Waals surface area (Å²) in [4.78, 5) is 13.9. The molecule has 4 heteroatoms. The van der Waals surface area contributed by atoms with Crippen molar-refractivity contribution < 1.29 is 9.18 Å². The minimum absolute atomic E-state index is 0.196. The highest BCUT2D eigenvalue weighted by atomic mass is 19.1. The van der Waals surface area contributed by atoms with Crippen molar-refractivity contribution in [3.8, 4) is 0 Å². The monoisotopic (exact) mass is 292 g/mol. The topological polar surface area (TPSA) is 32.3 Å². The maximum absolute atomic E-state index is 13.1. The van der Waals surface area contributed by atoms with Gasteiger partial charge in [0.05, 0.1) is 0 Å². The van der Waals surface area contributed by atoms with Gasteiger partial charge < -0.3 is 10.2 Å².